The standard InChI is InChI=1S/C15H12Br2N2OS/c1-19(13-5-3-2-4-12(13)14(18)21)15(20)9-6-10(16)8-11(17)7-9/h2-8H,1H3,(H2,18,21). The van der Waals surface area contributed by atoms with Crippen LogP contribution in [0, 0.1) is 0 Å². The highest BCUT2D eigenvalue weighted by atomic mass is 79.9. The Labute approximate surface area is 145 Å². The number of halogens is 2. The maximum Gasteiger partial charge on any atom is 0.258 e. The summed E-state index contributed by atoms with van der Waals surface area (Å²) in [6.45, 7) is 0. The zero-order chi connectivity index (χ0) is 15.6. The summed E-state index contributed by atoms with van der Waals surface area (Å²) in [6, 6.07) is 12.7. The molecule has 2 rings (SSSR count). The predicted octanol–water partition coefficient (Wildman–Crippen LogP) is 4.12. The number of carbonyl (C=O) groups is 1. The summed E-state index contributed by atoms with van der Waals surface area (Å²) in [5.41, 5.74) is 7.65. The van der Waals surface area contributed by atoms with Crippen molar-refractivity contribution in [2.24, 2.45) is 5.73 Å². The van der Waals surface area contributed by atoms with Crippen molar-refractivity contribution >= 4 is 60.7 Å². The van der Waals surface area contributed by atoms with E-state index >= 15 is 0 Å². The second kappa shape index (κ2) is 6.68. The minimum atomic E-state index is -0.138. The Hall–Kier alpha value is -1.24. The minimum absolute atomic E-state index is 0.138. The van der Waals surface area contributed by atoms with Crippen molar-refractivity contribution in [3.05, 3.63) is 62.5 Å². The van der Waals surface area contributed by atoms with Crippen molar-refractivity contribution < 1.29 is 4.79 Å². The van der Waals surface area contributed by atoms with Crippen molar-refractivity contribution in [1.82, 2.24) is 0 Å². The summed E-state index contributed by atoms with van der Waals surface area (Å²) >= 11 is 11.8. The van der Waals surface area contributed by atoms with E-state index in [9.17, 15) is 4.79 Å². The lowest BCUT2D eigenvalue weighted by Gasteiger charge is -2.20. The lowest BCUT2D eigenvalue weighted by Crippen LogP contribution is -2.28. The van der Waals surface area contributed by atoms with Crippen LogP contribution in [0.15, 0.2) is 51.4 Å². The van der Waals surface area contributed by atoms with Crippen LogP contribution in [-0.4, -0.2) is 17.9 Å². The second-order valence-corrected chi connectivity index (χ2v) is 6.67. The Bertz CT molecular complexity index is 698. The third-order valence-electron chi connectivity index (χ3n) is 2.95. The van der Waals surface area contributed by atoms with Gasteiger partial charge in [0.2, 0.25) is 0 Å². The number of benzene rings is 2. The van der Waals surface area contributed by atoms with Crippen LogP contribution in [0.4, 0.5) is 5.69 Å². The summed E-state index contributed by atoms with van der Waals surface area (Å²) in [7, 11) is 1.70. The maximum absolute atomic E-state index is 12.6. The molecule has 3 nitrogen and oxygen atoms in total. The molecule has 0 aliphatic rings. The molecular weight excluding hydrogens is 416 g/mol. The quantitative estimate of drug-likeness (QED) is 0.749. The van der Waals surface area contributed by atoms with Gasteiger partial charge in [-0.1, -0.05) is 56.2 Å². The third-order valence-corrected chi connectivity index (χ3v) is 4.08. The first kappa shape index (κ1) is 16.1. The number of carbonyl (C=O) groups excluding carboxylic acids is 1. The number of para-hydroxylation sites is 1. The molecule has 0 heterocycles. The molecule has 0 fully saturated rings. The van der Waals surface area contributed by atoms with E-state index in [1.165, 1.54) is 0 Å². The average Bonchev–Trinajstić information content (AvgIpc) is 2.44. The van der Waals surface area contributed by atoms with Gasteiger partial charge < -0.3 is 10.6 Å². The molecule has 6 heteroatoms. The smallest absolute Gasteiger partial charge is 0.258 e. The van der Waals surface area contributed by atoms with Crippen LogP contribution in [0.3, 0.4) is 0 Å². The first-order valence-electron chi connectivity index (χ1n) is 6.03. The van der Waals surface area contributed by atoms with Gasteiger partial charge in [0.15, 0.2) is 0 Å². The highest BCUT2D eigenvalue weighted by molar-refractivity contribution is 9.11. The van der Waals surface area contributed by atoms with Gasteiger partial charge in [0, 0.05) is 27.1 Å². The lowest BCUT2D eigenvalue weighted by atomic mass is 10.1. The Morgan fingerprint density at radius 1 is 1.14 bits per heavy atom. The van der Waals surface area contributed by atoms with Gasteiger partial charge >= 0.3 is 0 Å². The van der Waals surface area contributed by atoms with Crippen LogP contribution >= 0.6 is 44.1 Å². The van der Waals surface area contributed by atoms with E-state index < -0.39 is 0 Å². The van der Waals surface area contributed by atoms with E-state index in [-0.39, 0.29) is 10.9 Å². The van der Waals surface area contributed by atoms with Crippen molar-refractivity contribution in [3.8, 4) is 0 Å². The molecule has 0 saturated heterocycles. The molecule has 0 aliphatic carbocycles. The Balaban J connectivity index is 2.42. The van der Waals surface area contributed by atoms with Crippen LogP contribution in [-0.2, 0) is 0 Å². The Kier molecular flexibility index (Phi) is 5.13. The number of nitrogens with two attached hydrogens (primary N) is 1. The molecule has 108 valence electrons. The maximum atomic E-state index is 12.6. The van der Waals surface area contributed by atoms with Crippen molar-refractivity contribution in [2.45, 2.75) is 0 Å². The van der Waals surface area contributed by atoms with E-state index in [1.807, 2.05) is 24.3 Å². The van der Waals surface area contributed by atoms with E-state index in [0.717, 1.165) is 8.95 Å². The monoisotopic (exact) mass is 426 g/mol. The predicted molar refractivity (Wildman–Crippen MR) is 96.9 cm³/mol. The van der Waals surface area contributed by atoms with Crippen molar-refractivity contribution in [3.63, 3.8) is 0 Å². The van der Waals surface area contributed by atoms with Gasteiger partial charge in [0.05, 0.1) is 5.69 Å². The average molecular weight is 428 g/mol. The number of amides is 1. The number of anilines is 1. The summed E-state index contributed by atoms with van der Waals surface area (Å²) in [5, 5.41) is 0. The minimum Gasteiger partial charge on any atom is -0.389 e. The molecule has 0 aliphatic heterocycles. The highest BCUT2D eigenvalue weighted by Gasteiger charge is 2.17. The summed E-state index contributed by atoms with van der Waals surface area (Å²) < 4.78 is 1.66. The fraction of sp³-hybridized carbons (Fsp3) is 0.0667. The van der Waals surface area contributed by atoms with Gasteiger partial charge in [-0.3, -0.25) is 4.79 Å². The molecule has 1 amide bonds. The van der Waals surface area contributed by atoms with Gasteiger partial charge in [-0.2, -0.15) is 0 Å². The van der Waals surface area contributed by atoms with Gasteiger partial charge in [-0.15, -0.1) is 0 Å². The van der Waals surface area contributed by atoms with Gasteiger partial charge in [0.25, 0.3) is 5.91 Å². The Morgan fingerprint density at radius 3 is 2.29 bits per heavy atom. The van der Waals surface area contributed by atoms with Crippen LogP contribution in [0.1, 0.15) is 15.9 Å². The third kappa shape index (κ3) is 3.70. The van der Waals surface area contributed by atoms with Crippen molar-refractivity contribution in [2.75, 3.05) is 11.9 Å². The molecule has 2 aromatic carbocycles. The molecule has 0 unspecified atom stereocenters. The van der Waals surface area contributed by atoms with Gasteiger partial charge in [0.1, 0.15) is 4.99 Å². The van der Waals surface area contributed by atoms with Crippen LogP contribution in [0.5, 0.6) is 0 Å². The van der Waals surface area contributed by atoms with E-state index in [0.29, 0.717) is 16.8 Å². The number of nitrogens with zero attached hydrogens (tertiary/aromatic N) is 1. The fourth-order valence-electron chi connectivity index (χ4n) is 1.95. The molecule has 2 N–H and O–H groups in total. The van der Waals surface area contributed by atoms with Crippen LogP contribution < -0.4 is 10.6 Å². The molecule has 0 bridgehead atoms. The molecule has 0 saturated carbocycles. The molecule has 2 aromatic rings. The molecular formula is C15H12Br2N2OS. The molecule has 21 heavy (non-hydrogen) atoms. The molecule has 0 spiro atoms. The summed E-state index contributed by atoms with van der Waals surface area (Å²) in [4.78, 5) is 14.4. The second-order valence-electron chi connectivity index (χ2n) is 4.40. The lowest BCUT2D eigenvalue weighted by molar-refractivity contribution is 0.0993. The Morgan fingerprint density at radius 2 is 1.71 bits per heavy atom. The van der Waals surface area contributed by atoms with Gasteiger partial charge in [-0.25, -0.2) is 0 Å². The molecule has 0 aromatic heterocycles. The first-order chi connectivity index (χ1) is 9.90. The number of hydrogen-bond donors (Lipinski definition) is 1. The van der Waals surface area contributed by atoms with Gasteiger partial charge in [-0.05, 0) is 30.3 Å². The van der Waals surface area contributed by atoms with Crippen LogP contribution in [0.2, 0.25) is 0 Å². The number of thiocarbonyl (C=S) groups is 1. The zero-order valence-corrected chi connectivity index (χ0v) is 15.1. The van der Waals surface area contributed by atoms with Crippen molar-refractivity contribution in [1.29, 1.82) is 0 Å². The van der Waals surface area contributed by atoms with E-state index in [1.54, 1.807) is 30.1 Å². The SMILES string of the molecule is CN(C(=O)c1cc(Br)cc(Br)c1)c1ccccc1C(N)=S. The number of hydrogen-bond acceptors (Lipinski definition) is 2. The summed E-state index contributed by atoms with van der Waals surface area (Å²) in [6.07, 6.45) is 0. The molecule has 0 radical (unpaired) electrons. The normalized spacial score (nSPS) is 10.2. The zero-order valence-electron chi connectivity index (χ0n) is 11.1. The van der Waals surface area contributed by atoms with E-state index in [4.69, 9.17) is 18.0 Å². The number of rotatable bonds is 3. The highest BCUT2D eigenvalue weighted by Crippen LogP contribution is 2.24. The largest absolute Gasteiger partial charge is 0.389 e. The fourth-order valence-corrected chi connectivity index (χ4v) is 3.42. The van der Waals surface area contributed by atoms with E-state index in [2.05, 4.69) is 31.9 Å². The summed E-state index contributed by atoms with van der Waals surface area (Å²) in [5.74, 6) is -0.138. The topological polar surface area (TPSA) is 46.3 Å². The first-order valence-corrected chi connectivity index (χ1v) is 8.02. The molecule has 0 atom stereocenters. The van der Waals surface area contributed by atoms with Crippen LogP contribution in [0.25, 0.3) is 0 Å².